The van der Waals surface area contributed by atoms with Crippen molar-refractivity contribution < 1.29 is 14.3 Å². The van der Waals surface area contributed by atoms with Crippen LogP contribution in [0.1, 0.15) is 21.6 Å². The van der Waals surface area contributed by atoms with Gasteiger partial charge in [-0.25, -0.2) is 0 Å². The molecule has 0 saturated heterocycles. The Bertz CT molecular complexity index is 656. The molecule has 0 bridgehead atoms. The number of nitrogens with one attached hydrogen (secondary N) is 1. The minimum Gasteiger partial charge on any atom is -0.493 e. The van der Waals surface area contributed by atoms with E-state index in [9.17, 15) is 4.79 Å². The standard InChI is InChI=1S/C17H20N2O3/c1-12-10-14(7-9-18-12)17(20)19-8-6-13-4-5-15(21-2)16(11-13)22-3/h4-5,7,9-11H,6,8H2,1-3H3,(H,19,20). The van der Waals surface area contributed by atoms with E-state index in [4.69, 9.17) is 9.47 Å². The average Bonchev–Trinajstić information content (AvgIpc) is 2.54. The Balaban J connectivity index is 1.92. The number of hydrogen-bond acceptors (Lipinski definition) is 4. The van der Waals surface area contributed by atoms with Gasteiger partial charge in [-0.1, -0.05) is 6.07 Å². The summed E-state index contributed by atoms with van der Waals surface area (Å²) in [6, 6.07) is 9.22. The first-order valence-electron chi connectivity index (χ1n) is 7.06. The number of ether oxygens (including phenoxy) is 2. The largest absolute Gasteiger partial charge is 0.493 e. The van der Waals surface area contributed by atoms with Crippen LogP contribution in [0.4, 0.5) is 0 Å². The molecule has 1 aromatic heterocycles. The highest BCUT2D eigenvalue weighted by Gasteiger charge is 2.07. The van der Waals surface area contributed by atoms with Crippen molar-refractivity contribution in [3.05, 3.63) is 53.3 Å². The van der Waals surface area contributed by atoms with E-state index in [1.807, 2.05) is 25.1 Å². The van der Waals surface area contributed by atoms with E-state index in [1.165, 1.54) is 0 Å². The molecule has 1 N–H and O–H groups in total. The fraction of sp³-hybridized carbons (Fsp3) is 0.294. The summed E-state index contributed by atoms with van der Waals surface area (Å²) in [4.78, 5) is 16.1. The summed E-state index contributed by atoms with van der Waals surface area (Å²) in [6.07, 6.45) is 2.36. The molecule has 0 aliphatic heterocycles. The van der Waals surface area contributed by atoms with Crippen LogP contribution < -0.4 is 14.8 Å². The lowest BCUT2D eigenvalue weighted by molar-refractivity contribution is 0.0954. The average molecular weight is 300 g/mol. The molecule has 5 heteroatoms. The molecule has 116 valence electrons. The number of amides is 1. The Kier molecular flexibility index (Phi) is 5.36. The molecular weight excluding hydrogens is 280 g/mol. The second-order valence-electron chi connectivity index (χ2n) is 4.88. The van der Waals surface area contributed by atoms with Gasteiger partial charge < -0.3 is 14.8 Å². The van der Waals surface area contributed by atoms with Crippen molar-refractivity contribution >= 4 is 5.91 Å². The van der Waals surface area contributed by atoms with Gasteiger partial charge >= 0.3 is 0 Å². The van der Waals surface area contributed by atoms with Gasteiger partial charge in [-0.2, -0.15) is 0 Å². The van der Waals surface area contributed by atoms with Gasteiger partial charge in [0.05, 0.1) is 14.2 Å². The summed E-state index contributed by atoms with van der Waals surface area (Å²) in [5.74, 6) is 1.30. The van der Waals surface area contributed by atoms with E-state index < -0.39 is 0 Å². The van der Waals surface area contributed by atoms with E-state index in [0.29, 0.717) is 23.6 Å². The number of methoxy groups -OCH3 is 2. The maximum atomic E-state index is 12.0. The summed E-state index contributed by atoms with van der Waals surface area (Å²) in [5, 5.41) is 2.90. The van der Waals surface area contributed by atoms with Crippen LogP contribution in [0.15, 0.2) is 36.5 Å². The molecule has 0 unspecified atom stereocenters. The highest BCUT2D eigenvalue weighted by molar-refractivity contribution is 5.94. The molecule has 0 atom stereocenters. The van der Waals surface area contributed by atoms with Crippen LogP contribution in [0.3, 0.4) is 0 Å². The van der Waals surface area contributed by atoms with Crippen molar-refractivity contribution in [2.45, 2.75) is 13.3 Å². The number of hydrogen-bond donors (Lipinski definition) is 1. The summed E-state index contributed by atoms with van der Waals surface area (Å²) in [7, 11) is 3.21. The lowest BCUT2D eigenvalue weighted by atomic mass is 10.1. The zero-order valence-electron chi connectivity index (χ0n) is 13.1. The third-order valence-corrected chi connectivity index (χ3v) is 3.31. The van der Waals surface area contributed by atoms with Crippen LogP contribution in [0.2, 0.25) is 0 Å². The molecule has 1 amide bonds. The maximum absolute atomic E-state index is 12.0. The number of aromatic nitrogens is 1. The molecule has 1 aromatic carbocycles. The Morgan fingerprint density at radius 3 is 2.59 bits per heavy atom. The molecule has 0 spiro atoms. The van der Waals surface area contributed by atoms with Crippen molar-refractivity contribution in [2.75, 3.05) is 20.8 Å². The van der Waals surface area contributed by atoms with Crippen LogP contribution in [-0.4, -0.2) is 31.7 Å². The number of benzene rings is 1. The number of rotatable bonds is 6. The predicted octanol–water partition coefficient (Wildman–Crippen LogP) is 2.38. The summed E-state index contributed by atoms with van der Waals surface area (Å²) in [5.41, 5.74) is 2.52. The Hall–Kier alpha value is -2.56. The first-order chi connectivity index (χ1) is 10.6. The second-order valence-corrected chi connectivity index (χ2v) is 4.88. The molecule has 5 nitrogen and oxygen atoms in total. The minimum absolute atomic E-state index is 0.0917. The highest BCUT2D eigenvalue weighted by Crippen LogP contribution is 2.27. The van der Waals surface area contributed by atoms with Gasteiger partial charge in [0, 0.05) is 24.0 Å². The summed E-state index contributed by atoms with van der Waals surface area (Å²) in [6.45, 7) is 2.41. The van der Waals surface area contributed by atoms with Gasteiger partial charge in [0.2, 0.25) is 0 Å². The second kappa shape index (κ2) is 7.45. The number of carbonyl (C=O) groups is 1. The lowest BCUT2D eigenvalue weighted by Gasteiger charge is -2.10. The van der Waals surface area contributed by atoms with Crippen molar-refractivity contribution in [3.8, 4) is 11.5 Å². The Labute approximate surface area is 130 Å². The SMILES string of the molecule is COc1ccc(CCNC(=O)c2ccnc(C)c2)cc1OC. The molecule has 0 aliphatic rings. The van der Waals surface area contributed by atoms with Gasteiger partial charge in [-0.05, 0) is 43.2 Å². The van der Waals surface area contributed by atoms with Crippen molar-refractivity contribution in [1.82, 2.24) is 10.3 Å². The van der Waals surface area contributed by atoms with E-state index in [2.05, 4.69) is 10.3 Å². The number of nitrogens with zero attached hydrogens (tertiary/aromatic N) is 1. The normalized spacial score (nSPS) is 10.1. The quantitative estimate of drug-likeness (QED) is 0.890. The van der Waals surface area contributed by atoms with E-state index in [-0.39, 0.29) is 5.91 Å². The molecule has 2 rings (SSSR count). The van der Waals surface area contributed by atoms with Crippen LogP contribution in [0.25, 0.3) is 0 Å². The van der Waals surface area contributed by atoms with Crippen molar-refractivity contribution in [1.29, 1.82) is 0 Å². The monoisotopic (exact) mass is 300 g/mol. The molecule has 22 heavy (non-hydrogen) atoms. The number of pyridine rings is 1. The fourth-order valence-corrected chi connectivity index (χ4v) is 2.15. The molecule has 0 radical (unpaired) electrons. The molecule has 0 fully saturated rings. The molecule has 1 heterocycles. The van der Waals surface area contributed by atoms with E-state index in [1.54, 1.807) is 32.5 Å². The number of aryl methyl sites for hydroxylation is 1. The van der Waals surface area contributed by atoms with E-state index >= 15 is 0 Å². The molecule has 2 aromatic rings. The van der Waals surface area contributed by atoms with Gasteiger partial charge in [-0.15, -0.1) is 0 Å². The first-order valence-corrected chi connectivity index (χ1v) is 7.06. The smallest absolute Gasteiger partial charge is 0.251 e. The zero-order chi connectivity index (χ0) is 15.9. The van der Waals surface area contributed by atoms with Gasteiger partial charge in [0.1, 0.15) is 0 Å². The topological polar surface area (TPSA) is 60.5 Å². The fourth-order valence-electron chi connectivity index (χ4n) is 2.15. The summed E-state index contributed by atoms with van der Waals surface area (Å²) < 4.78 is 10.5. The molecule has 0 aliphatic carbocycles. The van der Waals surface area contributed by atoms with Crippen LogP contribution in [-0.2, 0) is 6.42 Å². The third kappa shape index (κ3) is 3.97. The lowest BCUT2D eigenvalue weighted by Crippen LogP contribution is -2.25. The number of carbonyl (C=O) groups excluding carboxylic acids is 1. The minimum atomic E-state index is -0.0917. The predicted molar refractivity (Wildman–Crippen MR) is 84.6 cm³/mol. The Morgan fingerprint density at radius 2 is 1.91 bits per heavy atom. The van der Waals surface area contributed by atoms with Gasteiger partial charge in [0.15, 0.2) is 11.5 Å². The van der Waals surface area contributed by atoms with Crippen molar-refractivity contribution in [2.24, 2.45) is 0 Å². The maximum Gasteiger partial charge on any atom is 0.251 e. The van der Waals surface area contributed by atoms with Crippen LogP contribution in [0, 0.1) is 6.92 Å². The van der Waals surface area contributed by atoms with Gasteiger partial charge in [0.25, 0.3) is 5.91 Å². The van der Waals surface area contributed by atoms with E-state index in [0.717, 1.165) is 17.7 Å². The highest BCUT2D eigenvalue weighted by atomic mass is 16.5. The Morgan fingerprint density at radius 1 is 1.14 bits per heavy atom. The molecular formula is C17H20N2O3. The van der Waals surface area contributed by atoms with Crippen molar-refractivity contribution in [3.63, 3.8) is 0 Å². The molecule has 0 saturated carbocycles. The van der Waals surface area contributed by atoms with Crippen LogP contribution in [0.5, 0.6) is 11.5 Å². The van der Waals surface area contributed by atoms with Crippen LogP contribution >= 0.6 is 0 Å². The first kappa shape index (κ1) is 15.8. The van der Waals surface area contributed by atoms with Gasteiger partial charge in [-0.3, -0.25) is 9.78 Å². The third-order valence-electron chi connectivity index (χ3n) is 3.31. The zero-order valence-corrected chi connectivity index (χ0v) is 13.1. The summed E-state index contributed by atoms with van der Waals surface area (Å²) >= 11 is 0.